The van der Waals surface area contributed by atoms with Gasteiger partial charge in [0.05, 0.1) is 10.9 Å². The summed E-state index contributed by atoms with van der Waals surface area (Å²) < 4.78 is 0. The zero-order chi connectivity index (χ0) is 12.0. The molecule has 1 unspecified atom stereocenters. The lowest BCUT2D eigenvalue weighted by Gasteiger charge is -2.33. The Balaban J connectivity index is 1.86. The lowest BCUT2D eigenvalue weighted by Crippen LogP contribution is -2.34. The second kappa shape index (κ2) is 4.03. The van der Waals surface area contributed by atoms with Crippen LogP contribution in [0.5, 0.6) is 0 Å². The fourth-order valence-corrected chi connectivity index (χ4v) is 3.34. The Bertz CT molecular complexity index is 468. The van der Waals surface area contributed by atoms with Crippen LogP contribution in [0, 0.1) is 0 Å². The molecular formula is C13H16N2OS. The van der Waals surface area contributed by atoms with Gasteiger partial charge in [-0.1, -0.05) is 6.07 Å². The van der Waals surface area contributed by atoms with Crippen molar-refractivity contribution in [3.05, 3.63) is 23.8 Å². The molecule has 17 heavy (non-hydrogen) atoms. The van der Waals surface area contributed by atoms with E-state index in [1.165, 1.54) is 10.5 Å². The predicted molar refractivity (Wildman–Crippen MR) is 70.3 cm³/mol. The first-order valence-corrected chi connectivity index (χ1v) is 6.88. The maximum Gasteiger partial charge on any atom is 0.237 e. The van der Waals surface area contributed by atoms with Gasteiger partial charge in [-0.25, -0.2) is 0 Å². The highest BCUT2D eigenvalue weighted by atomic mass is 32.2. The van der Waals surface area contributed by atoms with Crippen LogP contribution in [-0.4, -0.2) is 17.2 Å². The zero-order valence-electron chi connectivity index (χ0n) is 9.77. The summed E-state index contributed by atoms with van der Waals surface area (Å²) in [5.41, 5.74) is 8.09. The van der Waals surface area contributed by atoms with Crippen molar-refractivity contribution in [3.8, 4) is 0 Å². The van der Waals surface area contributed by atoms with E-state index in [1.807, 2.05) is 6.92 Å². The quantitative estimate of drug-likeness (QED) is 0.802. The van der Waals surface area contributed by atoms with E-state index in [1.54, 1.807) is 11.8 Å². The van der Waals surface area contributed by atoms with Crippen molar-refractivity contribution >= 4 is 23.4 Å². The Labute approximate surface area is 105 Å². The van der Waals surface area contributed by atoms with Gasteiger partial charge in [0.15, 0.2) is 0 Å². The zero-order valence-corrected chi connectivity index (χ0v) is 10.6. The summed E-state index contributed by atoms with van der Waals surface area (Å²) in [6.07, 6.45) is 2.13. The number of hydrogen-bond donors (Lipinski definition) is 2. The number of carbonyl (C=O) groups is 1. The van der Waals surface area contributed by atoms with Crippen molar-refractivity contribution < 1.29 is 4.79 Å². The Morgan fingerprint density at radius 3 is 2.88 bits per heavy atom. The topological polar surface area (TPSA) is 55.1 Å². The molecule has 90 valence electrons. The molecule has 1 amide bonds. The minimum atomic E-state index is 0.00507. The van der Waals surface area contributed by atoms with Crippen molar-refractivity contribution in [2.24, 2.45) is 5.73 Å². The molecule has 2 aliphatic rings. The van der Waals surface area contributed by atoms with Gasteiger partial charge < -0.3 is 11.1 Å². The normalized spacial score (nSPS) is 31.4. The Morgan fingerprint density at radius 2 is 2.18 bits per heavy atom. The predicted octanol–water partition coefficient (Wildman–Crippen LogP) is 2.32. The fraction of sp³-hybridized carbons (Fsp3) is 0.462. The van der Waals surface area contributed by atoms with E-state index in [0.29, 0.717) is 12.0 Å². The van der Waals surface area contributed by atoms with Gasteiger partial charge in [0.2, 0.25) is 5.91 Å². The standard InChI is InChI=1S/C13H16N2OS/c1-7-13(16)15-11-6-8(2-3-12(11)17-7)9-4-10(14)5-9/h2-3,6-7,9-10H,4-5,14H2,1H3,(H,15,16). The molecule has 0 aromatic heterocycles. The molecule has 1 aliphatic carbocycles. The molecule has 0 saturated heterocycles. The van der Waals surface area contributed by atoms with Crippen LogP contribution in [0.4, 0.5) is 5.69 Å². The molecule has 1 aromatic carbocycles. The van der Waals surface area contributed by atoms with E-state index < -0.39 is 0 Å². The van der Waals surface area contributed by atoms with Crippen LogP contribution in [0.15, 0.2) is 23.1 Å². The highest BCUT2D eigenvalue weighted by Crippen LogP contribution is 2.41. The minimum Gasteiger partial charge on any atom is -0.328 e. The maximum atomic E-state index is 11.6. The smallest absolute Gasteiger partial charge is 0.237 e. The number of rotatable bonds is 1. The second-order valence-corrected chi connectivity index (χ2v) is 6.32. The first kappa shape index (κ1) is 11.1. The van der Waals surface area contributed by atoms with Crippen LogP contribution in [0.3, 0.4) is 0 Å². The molecule has 1 aromatic rings. The van der Waals surface area contributed by atoms with E-state index in [2.05, 4.69) is 23.5 Å². The molecule has 1 saturated carbocycles. The molecule has 0 bridgehead atoms. The third-order valence-corrected chi connectivity index (χ3v) is 4.76. The lowest BCUT2D eigenvalue weighted by molar-refractivity contribution is -0.115. The van der Waals surface area contributed by atoms with Crippen LogP contribution < -0.4 is 11.1 Å². The molecule has 3 rings (SSSR count). The van der Waals surface area contributed by atoms with Crippen molar-refractivity contribution in [1.82, 2.24) is 0 Å². The molecule has 0 spiro atoms. The van der Waals surface area contributed by atoms with Gasteiger partial charge in [0.25, 0.3) is 0 Å². The highest BCUT2D eigenvalue weighted by molar-refractivity contribution is 8.00. The largest absolute Gasteiger partial charge is 0.328 e. The Hall–Kier alpha value is -1.00. The van der Waals surface area contributed by atoms with Gasteiger partial charge in [0, 0.05) is 10.9 Å². The molecule has 1 fully saturated rings. The van der Waals surface area contributed by atoms with Crippen LogP contribution in [-0.2, 0) is 4.79 Å². The molecule has 3 N–H and O–H groups in total. The van der Waals surface area contributed by atoms with Gasteiger partial charge in [-0.05, 0) is 43.4 Å². The Kier molecular flexibility index (Phi) is 2.64. The van der Waals surface area contributed by atoms with Crippen LogP contribution in [0.25, 0.3) is 0 Å². The maximum absolute atomic E-state index is 11.6. The van der Waals surface area contributed by atoms with Gasteiger partial charge in [-0.2, -0.15) is 0 Å². The van der Waals surface area contributed by atoms with E-state index >= 15 is 0 Å². The Morgan fingerprint density at radius 1 is 1.41 bits per heavy atom. The number of amides is 1. The third-order valence-electron chi connectivity index (χ3n) is 3.58. The molecule has 0 radical (unpaired) electrons. The highest BCUT2D eigenvalue weighted by Gasteiger charge is 2.29. The van der Waals surface area contributed by atoms with Gasteiger partial charge in [0.1, 0.15) is 0 Å². The van der Waals surface area contributed by atoms with Crippen molar-refractivity contribution in [3.63, 3.8) is 0 Å². The van der Waals surface area contributed by atoms with Gasteiger partial charge in [-0.3, -0.25) is 4.79 Å². The number of benzene rings is 1. The number of nitrogens with two attached hydrogens (primary N) is 1. The van der Waals surface area contributed by atoms with Crippen LogP contribution in [0.1, 0.15) is 31.2 Å². The number of hydrogen-bond acceptors (Lipinski definition) is 3. The third kappa shape index (κ3) is 1.96. The molecule has 3 nitrogen and oxygen atoms in total. The van der Waals surface area contributed by atoms with E-state index in [4.69, 9.17) is 5.73 Å². The van der Waals surface area contributed by atoms with Crippen LogP contribution >= 0.6 is 11.8 Å². The summed E-state index contributed by atoms with van der Waals surface area (Å²) in [4.78, 5) is 12.8. The molecule has 1 aliphatic heterocycles. The summed E-state index contributed by atoms with van der Waals surface area (Å²) in [6, 6.07) is 6.77. The van der Waals surface area contributed by atoms with Crippen LogP contribution in [0.2, 0.25) is 0 Å². The first-order valence-electron chi connectivity index (χ1n) is 6.00. The second-order valence-electron chi connectivity index (χ2n) is 4.93. The lowest BCUT2D eigenvalue weighted by atomic mass is 9.76. The van der Waals surface area contributed by atoms with Gasteiger partial charge >= 0.3 is 0 Å². The summed E-state index contributed by atoms with van der Waals surface area (Å²) in [5.74, 6) is 0.682. The van der Waals surface area contributed by atoms with Crippen molar-refractivity contribution in [2.75, 3.05) is 5.32 Å². The summed E-state index contributed by atoms with van der Waals surface area (Å²) >= 11 is 1.63. The SMILES string of the molecule is CC1Sc2ccc(C3CC(N)C3)cc2NC1=O. The van der Waals surface area contributed by atoms with E-state index in [-0.39, 0.29) is 11.2 Å². The van der Waals surface area contributed by atoms with E-state index in [0.717, 1.165) is 18.5 Å². The molecule has 4 heteroatoms. The fourth-order valence-electron chi connectivity index (χ4n) is 2.41. The van der Waals surface area contributed by atoms with E-state index in [9.17, 15) is 4.79 Å². The first-order chi connectivity index (χ1) is 8.13. The van der Waals surface area contributed by atoms with Gasteiger partial charge in [-0.15, -0.1) is 11.8 Å². The summed E-state index contributed by atoms with van der Waals surface area (Å²) in [5, 5.41) is 2.98. The minimum absolute atomic E-state index is 0.00507. The van der Waals surface area contributed by atoms with Crippen molar-refractivity contribution in [1.29, 1.82) is 0 Å². The average Bonchev–Trinajstić information content (AvgIpc) is 2.26. The monoisotopic (exact) mass is 248 g/mol. The molecular weight excluding hydrogens is 232 g/mol. The number of anilines is 1. The number of fused-ring (bicyclic) bond motifs is 1. The summed E-state index contributed by atoms with van der Waals surface area (Å²) in [6.45, 7) is 1.93. The number of thioether (sulfide) groups is 1. The number of nitrogens with one attached hydrogen (secondary N) is 1. The average molecular weight is 248 g/mol. The van der Waals surface area contributed by atoms with Crippen molar-refractivity contribution in [2.45, 2.75) is 41.9 Å². The molecule has 1 atom stereocenters. The summed E-state index contributed by atoms with van der Waals surface area (Å²) in [7, 11) is 0. The number of carbonyl (C=O) groups excluding carboxylic acids is 1. The molecule has 1 heterocycles.